The quantitative estimate of drug-likeness (QED) is 0.888. The molecule has 1 aliphatic rings. The van der Waals surface area contributed by atoms with Gasteiger partial charge in [-0.15, -0.1) is 0 Å². The monoisotopic (exact) mass is 355 g/mol. The van der Waals surface area contributed by atoms with Crippen LogP contribution >= 0.6 is 0 Å². The molecule has 26 heavy (non-hydrogen) atoms. The van der Waals surface area contributed by atoms with Gasteiger partial charge in [0.15, 0.2) is 11.5 Å². The highest BCUT2D eigenvalue weighted by atomic mass is 19.1. The zero-order valence-electron chi connectivity index (χ0n) is 14.4. The predicted octanol–water partition coefficient (Wildman–Crippen LogP) is 3.71. The summed E-state index contributed by atoms with van der Waals surface area (Å²) in [6, 6.07) is 11.5. The van der Waals surface area contributed by atoms with Gasteiger partial charge >= 0.3 is 0 Å². The lowest BCUT2D eigenvalue weighted by Crippen LogP contribution is -2.31. The minimum Gasteiger partial charge on any atom is -0.503 e. The molecule has 0 bridgehead atoms. The van der Waals surface area contributed by atoms with Gasteiger partial charge in [-0.05, 0) is 35.9 Å². The third-order valence-electron chi connectivity index (χ3n) is 4.33. The van der Waals surface area contributed by atoms with Crippen molar-refractivity contribution >= 4 is 17.4 Å². The normalized spacial score (nSPS) is 17.0. The fraction of sp³-hybridized carbons (Fsp3) is 0.200. The van der Waals surface area contributed by atoms with E-state index in [1.807, 2.05) is 0 Å². The van der Waals surface area contributed by atoms with Crippen molar-refractivity contribution in [3.8, 4) is 5.75 Å². The lowest BCUT2D eigenvalue weighted by Gasteiger charge is -2.27. The molecular weight excluding hydrogens is 337 g/mol. The van der Waals surface area contributed by atoms with E-state index in [1.165, 1.54) is 30.2 Å². The fourth-order valence-electron chi connectivity index (χ4n) is 3.10. The Morgan fingerprint density at radius 1 is 1.23 bits per heavy atom. The van der Waals surface area contributed by atoms with E-state index in [9.17, 15) is 19.1 Å². The zero-order valence-corrected chi connectivity index (χ0v) is 14.4. The van der Waals surface area contributed by atoms with Gasteiger partial charge in [0.05, 0.1) is 18.7 Å². The van der Waals surface area contributed by atoms with Gasteiger partial charge in [0.1, 0.15) is 11.6 Å². The van der Waals surface area contributed by atoms with Crippen LogP contribution < -0.4 is 9.64 Å². The summed E-state index contributed by atoms with van der Waals surface area (Å²) < 4.78 is 18.9. The first-order chi connectivity index (χ1) is 12.5. The molecule has 3 rings (SSSR count). The second-order valence-electron chi connectivity index (χ2n) is 5.87. The number of benzene rings is 2. The van der Waals surface area contributed by atoms with E-state index in [-0.39, 0.29) is 23.5 Å². The number of Topliss-reactive ketones (excluding diaryl/α,β-unsaturated/α-hetero) is 1. The predicted molar refractivity (Wildman–Crippen MR) is 94.6 cm³/mol. The zero-order chi connectivity index (χ0) is 18.8. The smallest absolute Gasteiger partial charge is 0.294 e. The summed E-state index contributed by atoms with van der Waals surface area (Å²) in [6.45, 7) is 1.65. The number of carbonyl (C=O) groups is 2. The number of rotatable bonds is 5. The van der Waals surface area contributed by atoms with Crippen LogP contribution in [0.15, 0.2) is 59.9 Å². The molecule has 134 valence electrons. The number of aliphatic hydroxyl groups excluding tert-OH is 1. The summed E-state index contributed by atoms with van der Waals surface area (Å²) >= 11 is 0. The van der Waals surface area contributed by atoms with Crippen molar-refractivity contribution in [3.05, 3.63) is 71.2 Å². The molecule has 1 unspecified atom stereocenters. The molecule has 1 atom stereocenters. The Balaban J connectivity index is 2.20. The van der Waals surface area contributed by atoms with E-state index in [1.54, 1.807) is 37.3 Å². The maximum absolute atomic E-state index is 13.7. The highest BCUT2D eigenvalue weighted by Crippen LogP contribution is 2.42. The molecule has 0 saturated heterocycles. The molecule has 0 aliphatic carbocycles. The second-order valence-corrected chi connectivity index (χ2v) is 5.87. The number of methoxy groups -OCH3 is 1. The number of amides is 1. The first-order valence-electron chi connectivity index (χ1n) is 8.17. The lowest BCUT2D eigenvalue weighted by atomic mass is 9.94. The van der Waals surface area contributed by atoms with Gasteiger partial charge in [0.25, 0.3) is 5.91 Å². The third kappa shape index (κ3) is 2.94. The Labute approximate surface area is 150 Å². The SMILES string of the molecule is CCC(=O)C1=C(O)C(=O)N(c2cccc(F)c2)C1c1cccc(OC)c1. The summed E-state index contributed by atoms with van der Waals surface area (Å²) in [5, 5.41) is 10.4. The van der Waals surface area contributed by atoms with E-state index in [4.69, 9.17) is 4.74 Å². The van der Waals surface area contributed by atoms with Crippen LogP contribution in [0.1, 0.15) is 24.9 Å². The maximum Gasteiger partial charge on any atom is 0.294 e. The molecule has 0 fully saturated rings. The first-order valence-corrected chi connectivity index (χ1v) is 8.17. The standard InChI is InChI=1S/C20H18FNO4/c1-3-16(23)17-18(12-6-4-9-15(10-12)26-2)22(20(25)19(17)24)14-8-5-7-13(21)11-14/h4-11,18,24H,3H2,1-2H3. The number of ketones is 1. The Morgan fingerprint density at radius 2 is 1.96 bits per heavy atom. The van der Waals surface area contributed by atoms with Crippen LogP contribution in [0.2, 0.25) is 0 Å². The summed E-state index contributed by atoms with van der Waals surface area (Å²) in [7, 11) is 1.51. The average molecular weight is 355 g/mol. The van der Waals surface area contributed by atoms with Gasteiger partial charge in [-0.1, -0.05) is 25.1 Å². The molecule has 1 aliphatic heterocycles. The molecule has 1 N–H and O–H groups in total. The van der Waals surface area contributed by atoms with Crippen molar-refractivity contribution in [2.75, 3.05) is 12.0 Å². The number of nitrogens with zero attached hydrogens (tertiary/aromatic N) is 1. The van der Waals surface area contributed by atoms with Crippen molar-refractivity contribution in [1.29, 1.82) is 0 Å². The number of aliphatic hydroxyl groups is 1. The number of hydrogen-bond donors (Lipinski definition) is 1. The van der Waals surface area contributed by atoms with Crippen LogP contribution in [0.5, 0.6) is 5.75 Å². The summed E-state index contributed by atoms with van der Waals surface area (Å²) in [4.78, 5) is 26.4. The van der Waals surface area contributed by atoms with E-state index in [0.29, 0.717) is 11.3 Å². The Bertz CT molecular complexity index is 906. The van der Waals surface area contributed by atoms with Gasteiger partial charge < -0.3 is 9.84 Å². The van der Waals surface area contributed by atoms with Crippen LogP contribution in [-0.2, 0) is 9.59 Å². The van der Waals surface area contributed by atoms with E-state index < -0.39 is 23.5 Å². The molecule has 2 aromatic carbocycles. The van der Waals surface area contributed by atoms with Gasteiger partial charge in [0.2, 0.25) is 0 Å². The van der Waals surface area contributed by atoms with E-state index >= 15 is 0 Å². The van der Waals surface area contributed by atoms with Crippen LogP contribution in [-0.4, -0.2) is 23.9 Å². The van der Waals surface area contributed by atoms with Gasteiger partial charge in [-0.3, -0.25) is 14.5 Å². The van der Waals surface area contributed by atoms with Crippen molar-refractivity contribution in [2.45, 2.75) is 19.4 Å². The van der Waals surface area contributed by atoms with Gasteiger partial charge in [0, 0.05) is 12.1 Å². The molecule has 0 aromatic heterocycles. The van der Waals surface area contributed by atoms with Gasteiger partial charge in [-0.2, -0.15) is 0 Å². The minimum atomic E-state index is -0.855. The summed E-state index contributed by atoms with van der Waals surface area (Å²) in [5.41, 5.74) is 0.853. The first kappa shape index (κ1) is 17.7. The van der Waals surface area contributed by atoms with Crippen molar-refractivity contribution < 1.29 is 23.8 Å². The highest BCUT2D eigenvalue weighted by molar-refractivity contribution is 6.16. The van der Waals surface area contributed by atoms with Crippen molar-refractivity contribution in [3.63, 3.8) is 0 Å². The van der Waals surface area contributed by atoms with E-state index in [0.717, 1.165) is 0 Å². The summed E-state index contributed by atoms with van der Waals surface area (Å²) in [6.07, 6.45) is 0.129. The largest absolute Gasteiger partial charge is 0.503 e. The molecule has 2 aromatic rings. The molecule has 0 saturated carbocycles. The number of anilines is 1. The third-order valence-corrected chi connectivity index (χ3v) is 4.33. The van der Waals surface area contributed by atoms with Gasteiger partial charge in [-0.25, -0.2) is 4.39 Å². The van der Waals surface area contributed by atoms with E-state index in [2.05, 4.69) is 0 Å². The van der Waals surface area contributed by atoms with Crippen LogP contribution in [0.25, 0.3) is 0 Å². The number of halogens is 1. The van der Waals surface area contributed by atoms with Crippen LogP contribution in [0, 0.1) is 5.82 Å². The number of carbonyl (C=O) groups excluding carboxylic acids is 2. The van der Waals surface area contributed by atoms with Crippen LogP contribution in [0.3, 0.4) is 0 Å². The molecule has 0 spiro atoms. The Morgan fingerprint density at radius 3 is 2.62 bits per heavy atom. The Kier molecular flexibility index (Phi) is 4.75. The second kappa shape index (κ2) is 7.00. The minimum absolute atomic E-state index is 0.00927. The lowest BCUT2D eigenvalue weighted by molar-refractivity contribution is -0.118. The Hall–Kier alpha value is -3.15. The number of hydrogen-bond acceptors (Lipinski definition) is 4. The number of ether oxygens (including phenoxy) is 1. The molecular formula is C20H18FNO4. The average Bonchev–Trinajstić information content (AvgIpc) is 2.92. The highest BCUT2D eigenvalue weighted by Gasteiger charge is 2.44. The van der Waals surface area contributed by atoms with Crippen LogP contribution in [0.4, 0.5) is 10.1 Å². The fourth-order valence-corrected chi connectivity index (χ4v) is 3.10. The van der Waals surface area contributed by atoms with Crippen molar-refractivity contribution in [2.24, 2.45) is 0 Å². The molecule has 0 radical (unpaired) electrons. The molecule has 5 nitrogen and oxygen atoms in total. The maximum atomic E-state index is 13.7. The topological polar surface area (TPSA) is 66.8 Å². The molecule has 1 heterocycles. The molecule has 6 heteroatoms. The van der Waals surface area contributed by atoms with Crippen molar-refractivity contribution in [1.82, 2.24) is 0 Å². The summed E-state index contributed by atoms with van der Waals surface area (Å²) in [5.74, 6) is -1.66. The molecule has 1 amide bonds.